The Bertz CT molecular complexity index is 692. The predicted octanol–water partition coefficient (Wildman–Crippen LogP) is 3.70. The molecule has 0 aliphatic rings. The quantitative estimate of drug-likeness (QED) is 0.663. The molecular formula is C20H21FNO+. The zero-order chi connectivity index (χ0) is 15.9. The van der Waals surface area contributed by atoms with E-state index in [1.807, 2.05) is 30.3 Å². The summed E-state index contributed by atoms with van der Waals surface area (Å²) in [7, 11) is 0. The molecule has 3 aromatic rings. The maximum atomic E-state index is 13.2. The van der Waals surface area contributed by atoms with Crippen molar-refractivity contribution in [3.63, 3.8) is 0 Å². The Hall–Kier alpha value is -2.39. The van der Waals surface area contributed by atoms with Crippen molar-refractivity contribution in [2.45, 2.75) is 18.9 Å². The van der Waals surface area contributed by atoms with Gasteiger partial charge in [0.25, 0.3) is 0 Å². The van der Waals surface area contributed by atoms with Crippen LogP contribution in [0.3, 0.4) is 0 Å². The van der Waals surface area contributed by atoms with Crippen molar-refractivity contribution in [3.05, 3.63) is 95.7 Å². The van der Waals surface area contributed by atoms with Crippen molar-refractivity contribution < 1.29 is 14.1 Å². The van der Waals surface area contributed by atoms with E-state index in [0.717, 1.165) is 30.8 Å². The Morgan fingerprint density at radius 3 is 2.39 bits per heavy atom. The molecule has 0 amide bonds. The van der Waals surface area contributed by atoms with E-state index in [1.54, 1.807) is 6.26 Å². The number of halogens is 1. The Kier molecular flexibility index (Phi) is 5.22. The second kappa shape index (κ2) is 7.75. The van der Waals surface area contributed by atoms with Gasteiger partial charge in [-0.1, -0.05) is 42.5 Å². The molecule has 0 bridgehead atoms. The highest BCUT2D eigenvalue weighted by Crippen LogP contribution is 2.27. The van der Waals surface area contributed by atoms with Crippen molar-refractivity contribution in [1.29, 1.82) is 0 Å². The van der Waals surface area contributed by atoms with Crippen LogP contribution in [0.4, 0.5) is 4.39 Å². The Balaban J connectivity index is 1.62. The summed E-state index contributed by atoms with van der Waals surface area (Å²) in [5.41, 5.74) is 2.42. The molecule has 0 radical (unpaired) electrons. The fourth-order valence-corrected chi connectivity index (χ4v) is 2.83. The molecule has 0 aliphatic heterocycles. The van der Waals surface area contributed by atoms with Crippen LogP contribution in [0, 0.1) is 5.82 Å². The number of hydrogen-bond donors (Lipinski definition) is 1. The second-order valence-electron chi connectivity index (χ2n) is 5.68. The van der Waals surface area contributed by atoms with Crippen LogP contribution in [0.5, 0.6) is 0 Å². The van der Waals surface area contributed by atoms with E-state index in [-0.39, 0.29) is 11.7 Å². The van der Waals surface area contributed by atoms with Gasteiger partial charge >= 0.3 is 0 Å². The van der Waals surface area contributed by atoms with E-state index in [0.29, 0.717) is 0 Å². The number of nitrogens with two attached hydrogens (primary N) is 1. The third-order valence-corrected chi connectivity index (χ3v) is 4.04. The first-order valence-corrected chi connectivity index (χ1v) is 7.97. The predicted molar refractivity (Wildman–Crippen MR) is 88.5 cm³/mol. The third-order valence-electron chi connectivity index (χ3n) is 4.04. The molecule has 0 saturated carbocycles. The van der Waals surface area contributed by atoms with Gasteiger partial charge in [0, 0.05) is 17.9 Å². The summed E-state index contributed by atoms with van der Waals surface area (Å²) in [6.45, 7) is 1.95. The Morgan fingerprint density at radius 1 is 0.913 bits per heavy atom. The molecule has 0 unspecified atom stereocenters. The van der Waals surface area contributed by atoms with Crippen molar-refractivity contribution in [3.8, 4) is 0 Å². The molecule has 2 aromatic carbocycles. The average molecular weight is 310 g/mol. The van der Waals surface area contributed by atoms with Gasteiger partial charge in [0.2, 0.25) is 0 Å². The van der Waals surface area contributed by atoms with Crippen LogP contribution in [0.15, 0.2) is 77.4 Å². The summed E-state index contributed by atoms with van der Waals surface area (Å²) in [4.78, 5) is 0. The van der Waals surface area contributed by atoms with Gasteiger partial charge in [0.1, 0.15) is 18.1 Å². The van der Waals surface area contributed by atoms with Crippen LogP contribution in [0.1, 0.15) is 29.2 Å². The number of furan rings is 1. The lowest BCUT2D eigenvalue weighted by atomic mass is 9.93. The smallest absolute Gasteiger partial charge is 0.123 e. The van der Waals surface area contributed by atoms with Crippen LogP contribution < -0.4 is 5.32 Å². The molecule has 23 heavy (non-hydrogen) atoms. The fourth-order valence-electron chi connectivity index (χ4n) is 2.83. The molecule has 0 saturated heterocycles. The van der Waals surface area contributed by atoms with Crippen LogP contribution in [-0.4, -0.2) is 6.54 Å². The monoisotopic (exact) mass is 310 g/mol. The van der Waals surface area contributed by atoms with Crippen LogP contribution in [0.25, 0.3) is 0 Å². The number of quaternary nitrogens is 1. The summed E-state index contributed by atoms with van der Waals surface area (Å²) in [6.07, 6.45) is 2.64. The molecule has 1 atom stereocenters. The average Bonchev–Trinajstić information content (AvgIpc) is 3.11. The highest BCUT2D eigenvalue weighted by molar-refractivity contribution is 5.27. The van der Waals surface area contributed by atoms with Gasteiger partial charge in [-0.25, -0.2) is 4.39 Å². The van der Waals surface area contributed by atoms with Gasteiger partial charge in [-0.3, -0.25) is 0 Å². The highest BCUT2D eigenvalue weighted by atomic mass is 19.1. The zero-order valence-electron chi connectivity index (χ0n) is 13.0. The molecule has 3 rings (SSSR count). The van der Waals surface area contributed by atoms with E-state index in [9.17, 15) is 4.39 Å². The third kappa shape index (κ3) is 4.30. The van der Waals surface area contributed by atoms with E-state index in [1.165, 1.54) is 17.7 Å². The maximum absolute atomic E-state index is 13.2. The summed E-state index contributed by atoms with van der Waals surface area (Å²) >= 11 is 0. The van der Waals surface area contributed by atoms with Crippen molar-refractivity contribution >= 4 is 0 Å². The van der Waals surface area contributed by atoms with Gasteiger partial charge in [0.15, 0.2) is 0 Å². The van der Waals surface area contributed by atoms with E-state index in [2.05, 4.69) is 29.6 Å². The fraction of sp³-hybridized carbons (Fsp3) is 0.200. The van der Waals surface area contributed by atoms with Crippen LogP contribution in [-0.2, 0) is 6.54 Å². The van der Waals surface area contributed by atoms with Crippen molar-refractivity contribution in [1.82, 2.24) is 0 Å². The minimum Gasteiger partial charge on any atom is -0.469 e. The lowest BCUT2D eigenvalue weighted by Gasteiger charge is -2.14. The van der Waals surface area contributed by atoms with Crippen molar-refractivity contribution in [2.24, 2.45) is 0 Å². The summed E-state index contributed by atoms with van der Waals surface area (Å²) in [5.74, 6) is 0.893. The van der Waals surface area contributed by atoms with Gasteiger partial charge in [0.05, 0.1) is 12.8 Å². The number of hydrogen-bond acceptors (Lipinski definition) is 1. The largest absolute Gasteiger partial charge is 0.469 e. The van der Waals surface area contributed by atoms with Crippen molar-refractivity contribution in [2.75, 3.05) is 6.54 Å². The molecule has 1 aromatic heterocycles. The highest BCUT2D eigenvalue weighted by Gasteiger charge is 2.17. The van der Waals surface area contributed by atoms with E-state index >= 15 is 0 Å². The van der Waals surface area contributed by atoms with Gasteiger partial charge in [-0.05, 0) is 29.8 Å². The Labute approximate surface area is 136 Å². The summed E-state index contributed by atoms with van der Waals surface area (Å²) < 4.78 is 18.7. The molecule has 2 N–H and O–H groups in total. The lowest BCUT2D eigenvalue weighted by molar-refractivity contribution is -0.671. The standard InChI is InChI=1S/C20H20FNO/c21-18-10-8-17(9-11-18)19(20-7-4-14-23-20)12-13-22-15-16-5-2-1-3-6-16/h1-11,14,19,22H,12-13,15H2/p+1/t19-/m0/s1. The molecule has 0 aliphatic carbocycles. The summed E-state index contributed by atoms with van der Waals surface area (Å²) in [5, 5.41) is 2.30. The molecular weight excluding hydrogens is 289 g/mol. The minimum atomic E-state index is -0.206. The van der Waals surface area contributed by atoms with Gasteiger partial charge < -0.3 is 9.73 Å². The van der Waals surface area contributed by atoms with Crippen LogP contribution >= 0.6 is 0 Å². The molecule has 0 fully saturated rings. The first kappa shape index (κ1) is 15.5. The topological polar surface area (TPSA) is 29.8 Å². The normalized spacial score (nSPS) is 12.2. The first-order chi connectivity index (χ1) is 11.3. The second-order valence-corrected chi connectivity index (χ2v) is 5.68. The summed E-state index contributed by atoms with van der Waals surface area (Å²) in [6, 6.07) is 21.1. The Morgan fingerprint density at radius 2 is 1.70 bits per heavy atom. The molecule has 118 valence electrons. The number of benzene rings is 2. The van der Waals surface area contributed by atoms with Crippen LogP contribution in [0.2, 0.25) is 0 Å². The molecule has 3 heteroatoms. The first-order valence-electron chi connectivity index (χ1n) is 7.97. The minimum absolute atomic E-state index is 0.164. The SMILES string of the molecule is Fc1ccc([C@H](CC[NH2+]Cc2ccccc2)c2ccco2)cc1. The van der Waals surface area contributed by atoms with Gasteiger partial charge in [-0.15, -0.1) is 0 Å². The van der Waals surface area contributed by atoms with E-state index in [4.69, 9.17) is 4.42 Å². The van der Waals surface area contributed by atoms with E-state index < -0.39 is 0 Å². The number of rotatable bonds is 7. The molecule has 2 nitrogen and oxygen atoms in total. The molecule has 0 spiro atoms. The zero-order valence-corrected chi connectivity index (χ0v) is 13.0. The molecule has 1 heterocycles. The lowest BCUT2D eigenvalue weighted by Crippen LogP contribution is -2.82. The van der Waals surface area contributed by atoms with Gasteiger partial charge in [-0.2, -0.15) is 0 Å². The maximum Gasteiger partial charge on any atom is 0.123 e.